The number of aliphatic imine (C=N–C) groups is 1. The van der Waals surface area contributed by atoms with Crippen LogP contribution in [0.5, 0.6) is 5.75 Å². The molecule has 1 heterocycles. The first kappa shape index (κ1) is 34.8. The van der Waals surface area contributed by atoms with E-state index in [9.17, 15) is 17.7 Å². The van der Waals surface area contributed by atoms with E-state index in [4.69, 9.17) is 23.0 Å². The molecule has 0 aromatic heterocycles. The van der Waals surface area contributed by atoms with Crippen molar-refractivity contribution in [2.45, 2.75) is 91.1 Å². The van der Waals surface area contributed by atoms with Crippen LogP contribution in [0.2, 0.25) is 0 Å². The average molecular weight is 626 g/mol. The summed E-state index contributed by atoms with van der Waals surface area (Å²) in [5, 5.41) is 0. The van der Waals surface area contributed by atoms with E-state index in [-0.39, 0.29) is 31.1 Å². The van der Waals surface area contributed by atoms with Crippen LogP contribution in [-0.4, -0.2) is 42.5 Å². The highest BCUT2D eigenvalue weighted by molar-refractivity contribution is 7.48. The highest BCUT2D eigenvalue weighted by Gasteiger charge is 2.42. The molecule has 3 rings (SSSR count). The van der Waals surface area contributed by atoms with E-state index in [0.29, 0.717) is 18.7 Å². The van der Waals surface area contributed by atoms with Crippen molar-refractivity contribution < 1.29 is 40.8 Å². The van der Waals surface area contributed by atoms with Gasteiger partial charge in [0.15, 0.2) is 5.90 Å². The lowest BCUT2D eigenvalue weighted by Crippen LogP contribution is -2.33. The van der Waals surface area contributed by atoms with Crippen LogP contribution in [-0.2, 0) is 35.5 Å². The SMILES string of the molecule is CC1=NC(/C=C/c2ccc(OCCCc3cccc(C)c3)c(C(F)(F)F)c2)(COP(=O)(OC(C)(C)C)OC(C)(C)C)CO1. The van der Waals surface area contributed by atoms with E-state index >= 15 is 0 Å². The summed E-state index contributed by atoms with van der Waals surface area (Å²) in [6.45, 7) is 13.9. The molecule has 1 aliphatic heterocycles. The molecule has 2 aromatic rings. The van der Waals surface area contributed by atoms with Gasteiger partial charge >= 0.3 is 14.0 Å². The second-order valence-electron chi connectivity index (χ2n) is 12.7. The van der Waals surface area contributed by atoms with Gasteiger partial charge in [-0.1, -0.05) is 48.0 Å². The van der Waals surface area contributed by atoms with Crippen molar-refractivity contribution in [3.05, 3.63) is 70.8 Å². The maximum absolute atomic E-state index is 14.0. The Labute approximate surface area is 253 Å². The zero-order valence-electron chi connectivity index (χ0n) is 26.2. The highest BCUT2D eigenvalue weighted by Crippen LogP contribution is 2.56. The Bertz CT molecular complexity index is 1340. The van der Waals surface area contributed by atoms with Crippen molar-refractivity contribution in [3.63, 3.8) is 0 Å². The van der Waals surface area contributed by atoms with Crippen molar-refractivity contribution in [3.8, 4) is 5.75 Å². The molecular formula is C32H43F3NO6P. The first-order chi connectivity index (χ1) is 19.8. The fourth-order valence-corrected chi connectivity index (χ4v) is 6.19. The first-order valence-corrected chi connectivity index (χ1v) is 15.7. The van der Waals surface area contributed by atoms with Gasteiger partial charge in [0.05, 0.1) is 30.0 Å². The van der Waals surface area contributed by atoms with Crippen LogP contribution in [0.1, 0.15) is 77.1 Å². The molecule has 0 saturated carbocycles. The van der Waals surface area contributed by atoms with Gasteiger partial charge in [-0.15, -0.1) is 0 Å². The van der Waals surface area contributed by atoms with Crippen molar-refractivity contribution in [2.24, 2.45) is 4.99 Å². The quantitative estimate of drug-likeness (QED) is 0.173. The predicted octanol–water partition coefficient (Wildman–Crippen LogP) is 8.98. The molecule has 0 saturated heterocycles. The summed E-state index contributed by atoms with van der Waals surface area (Å²) in [5.41, 5.74) is -1.20. The minimum Gasteiger partial charge on any atom is -0.493 e. The second-order valence-corrected chi connectivity index (χ2v) is 14.2. The van der Waals surface area contributed by atoms with Crippen LogP contribution in [0.15, 0.2) is 53.5 Å². The van der Waals surface area contributed by atoms with Crippen LogP contribution in [0.25, 0.3) is 6.08 Å². The number of aryl methyl sites for hydroxylation is 2. The maximum Gasteiger partial charge on any atom is 0.475 e. The van der Waals surface area contributed by atoms with E-state index in [1.807, 2.05) is 25.1 Å². The molecule has 0 amide bonds. The summed E-state index contributed by atoms with van der Waals surface area (Å²) in [6.07, 6.45) is -0.261. The van der Waals surface area contributed by atoms with Gasteiger partial charge in [0.1, 0.15) is 17.9 Å². The van der Waals surface area contributed by atoms with Crippen LogP contribution in [0.4, 0.5) is 13.2 Å². The lowest BCUT2D eigenvalue weighted by Gasteiger charge is -2.32. The summed E-state index contributed by atoms with van der Waals surface area (Å²) in [6, 6.07) is 11.9. The number of ether oxygens (including phenoxy) is 2. The monoisotopic (exact) mass is 625 g/mol. The predicted molar refractivity (Wildman–Crippen MR) is 162 cm³/mol. The van der Waals surface area contributed by atoms with Gasteiger partial charge in [-0.25, -0.2) is 9.56 Å². The van der Waals surface area contributed by atoms with E-state index in [2.05, 4.69) is 11.1 Å². The van der Waals surface area contributed by atoms with Gasteiger partial charge < -0.3 is 9.47 Å². The summed E-state index contributed by atoms with van der Waals surface area (Å²) in [7, 11) is -4.07. The second kappa shape index (κ2) is 13.6. The molecular weight excluding hydrogens is 582 g/mol. The number of hydrogen-bond donors (Lipinski definition) is 0. The summed E-state index contributed by atoms with van der Waals surface area (Å²) >= 11 is 0. The summed E-state index contributed by atoms with van der Waals surface area (Å²) in [5.74, 6) is 0.131. The van der Waals surface area contributed by atoms with Crippen molar-refractivity contribution in [1.82, 2.24) is 0 Å². The number of phosphoric ester groups is 1. The topological polar surface area (TPSA) is 75.6 Å². The molecule has 0 aliphatic carbocycles. The number of phosphoric acid groups is 1. The Morgan fingerprint density at radius 3 is 2.23 bits per heavy atom. The van der Waals surface area contributed by atoms with Crippen molar-refractivity contribution in [1.29, 1.82) is 0 Å². The number of rotatable bonds is 12. The van der Waals surface area contributed by atoms with E-state index in [0.717, 1.165) is 17.2 Å². The third-order valence-electron chi connectivity index (χ3n) is 6.00. The molecule has 0 spiro atoms. The normalized spacial score (nSPS) is 18.2. The van der Waals surface area contributed by atoms with Gasteiger partial charge in [0, 0.05) is 6.92 Å². The van der Waals surface area contributed by atoms with Gasteiger partial charge in [-0.2, -0.15) is 13.2 Å². The largest absolute Gasteiger partial charge is 0.493 e. The molecule has 43 heavy (non-hydrogen) atoms. The Morgan fingerprint density at radius 1 is 1.00 bits per heavy atom. The smallest absolute Gasteiger partial charge is 0.475 e. The first-order valence-electron chi connectivity index (χ1n) is 14.2. The van der Waals surface area contributed by atoms with E-state index in [1.165, 1.54) is 12.1 Å². The lowest BCUT2D eigenvalue weighted by atomic mass is 10.0. The Hall–Kier alpha value is -2.65. The average Bonchev–Trinajstić information content (AvgIpc) is 3.23. The molecule has 0 N–H and O–H groups in total. The molecule has 1 unspecified atom stereocenters. The Morgan fingerprint density at radius 2 is 1.67 bits per heavy atom. The zero-order chi connectivity index (χ0) is 32.1. The number of hydrogen-bond acceptors (Lipinski definition) is 7. The van der Waals surface area contributed by atoms with Gasteiger partial charge in [0.2, 0.25) is 0 Å². The van der Waals surface area contributed by atoms with Crippen LogP contribution in [0.3, 0.4) is 0 Å². The molecule has 0 fully saturated rings. The minimum absolute atomic E-state index is 0.0363. The molecule has 1 aliphatic rings. The lowest BCUT2D eigenvalue weighted by molar-refractivity contribution is -0.139. The van der Waals surface area contributed by atoms with Crippen molar-refractivity contribution in [2.75, 3.05) is 19.8 Å². The van der Waals surface area contributed by atoms with Gasteiger partial charge in [0.25, 0.3) is 0 Å². The Kier molecular flexibility index (Phi) is 11.0. The molecule has 11 heteroatoms. The molecule has 1 atom stereocenters. The number of benzene rings is 2. The van der Waals surface area contributed by atoms with Crippen LogP contribution in [0, 0.1) is 6.92 Å². The molecule has 0 radical (unpaired) electrons. The number of nitrogens with zero attached hydrogens (tertiary/aromatic N) is 1. The van der Waals surface area contributed by atoms with Gasteiger partial charge in [-0.05, 0) is 84.6 Å². The fraction of sp³-hybridized carbons (Fsp3) is 0.531. The summed E-state index contributed by atoms with van der Waals surface area (Å²) in [4.78, 5) is 4.50. The number of alkyl halides is 3. The molecule has 0 bridgehead atoms. The van der Waals surface area contributed by atoms with Crippen LogP contribution < -0.4 is 4.74 Å². The molecule has 2 aromatic carbocycles. The standard InChI is InChI=1S/C32H43F3NO6P/c1-23-11-9-12-25(19-23)13-10-18-38-28-15-14-26(20-27(28)32(33,34)35)16-17-31(21-39-24(2)36-31)22-40-43(37,41-29(3,4)5)42-30(6,7)8/h9,11-12,14-17,19-20H,10,13,18,21-22H2,1-8H3/b17-16+. The van der Waals surface area contributed by atoms with Crippen LogP contribution >= 0.6 is 7.82 Å². The van der Waals surface area contributed by atoms with Crippen molar-refractivity contribution >= 4 is 19.8 Å². The third kappa shape index (κ3) is 11.4. The van der Waals surface area contributed by atoms with E-state index < -0.39 is 36.3 Å². The van der Waals surface area contributed by atoms with E-state index in [1.54, 1.807) is 60.6 Å². The van der Waals surface area contributed by atoms with Gasteiger partial charge in [-0.3, -0.25) is 13.6 Å². The zero-order valence-corrected chi connectivity index (χ0v) is 27.1. The number of halogens is 3. The Balaban J connectivity index is 1.78. The summed E-state index contributed by atoms with van der Waals surface area (Å²) < 4.78 is 83.9. The fourth-order valence-electron chi connectivity index (χ4n) is 4.32. The minimum atomic E-state index is -4.62. The maximum atomic E-state index is 14.0. The molecule has 7 nitrogen and oxygen atoms in total. The highest BCUT2D eigenvalue weighted by atomic mass is 31.2. The molecule has 238 valence electrons. The third-order valence-corrected chi connectivity index (χ3v) is 7.99.